The van der Waals surface area contributed by atoms with Gasteiger partial charge in [-0.05, 0) is 49.6 Å². The number of benzene rings is 2. The minimum absolute atomic E-state index is 0.0147. The number of carbonyl (C=O) groups excluding carboxylic acids is 1. The van der Waals surface area contributed by atoms with Crippen molar-refractivity contribution in [3.63, 3.8) is 0 Å². The van der Waals surface area contributed by atoms with Gasteiger partial charge in [0.15, 0.2) is 0 Å². The Morgan fingerprint density at radius 1 is 1.11 bits per heavy atom. The highest BCUT2D eigenvalue weighted by Crippen LogP contribution is 2.24. The summed E-state index contributed by atoms with van der Waals surface area (Å²) >= 11 is 6.20. The monoisotopic (exact) mass is 526 g/mol. The molecule has 2 atom stereocenters. The van der Waals surface area contributed by atoms with Gasteiger partial charge < -0.3 is 15.0 Å². The number of amides is 1. The van der Waals surface area contributed by atoms with Crippen LogP contribution in [0.1, 0.15) is 72.5 Å². The van der Waals surface area contributed by atoms with Crippen LogP contribution in [-0.4, -0.2) is 21.6 Å². The Morgan fingerprint density at radius 2 is 1.81 bits per heavy atom. The molecule has 8 heteroatoms. The maximum absolute atomic E-state index is 14.5. The number of aryl methyl sites for hydroxylation is 2. The molecule has 0 aliphatic rings. The fourth-order valence-electron chi connectivity index (χ4n) is 4.35. The molecule has 2 aromatic carbocycles. The molecule has 0 saturated heterocycles. The minimum atomic E-state index is -1.05. The van der Waals surface area contributed by atoms with Gasteiger partial charge in [-0.25, -0.2) is 4.39 Å². The van der Waals surface area contributed by atoms with E-state index in [1.165, 1.54) is 16.7 Å². The predicted molar refractivity (Wildman–Crippen MR) is 143 cm³/mol. The molecule has 6 nitrogen and oxygen atoms in total. The Morgan fingerprint density at radius 3 is 2.43 bits per heavy atom. The molecule has 196 valence electrons. The molecule has 0 unspecified atom stereocenters. The maximum atomic E-state index is 14.5. The molecule has 1 amide bonds. The van der Waals surface area contributed by atoms with Crippen LogP contribution >= 0.6 is 11.6 Å². The van der Waals surface area contributed by atoms with Gasteiger partial charge in [-0.2, -0.15) is 0 Å². The van der Waals surface area contributed by atoms with E-state index in [4.69, 9.17) is 11.6 Å². The molecular formula is C29H32ClFN2O4. The number of hydrogen-bond acceptors (Lipinski definition) is 3. The third kappa shape index (κ3) is 7.29. The zero-order valence-electron chi connectivity index (χ0n) is 21.3. The quantitative estimate of drug-likeness (QED) is 0.325. The van der Waals surface area contributed by atoms with Crippen LogP contribution < -0.4 is 10.9 Å². The van der Waals surface area contributed by atoms with E-state index in [1.807, 2.05) is 26.0 Å². The maximum Gasteiger partial charge on any atom is 0.305 e. The average Bonchev–Trinajstić information content (AvgIpc) is 2.84. The third-order valence-electron chi connectivity index (χ3n) is 6.33. The molecule has 1 aromatic heterocycles. The molecule has 0 aliphatic carbocycles. The standard InChI is InChI=1S/C29H32ClFN2O4/c1-4-5-9-26(28(36)32-25(16-27(34)35)20-12-10-18(2)11-13-20)33-17-19(3)14-21(29(33)37)15-22-23(30)7-6-8-24(22)31/h6-8,10-14,17,25-26H,4-5,9,15-16H2,1-3H3,(H,32,36)(H,34,35)/t25-,26+/m0/s1. The highest BCUT2D eigenvalue weighted by atomic mass is 35.5. The van der Waals surface area contributed by atoms with Gasteiger partial charge in [0.25, 0.3) is 5.56 Å². The second-order valence-electron chi connectivity index (χ2n) is 9.36. The van der Waals surface area contributed by atoms with Gasteiger partial charge in [0, 0.05) is 28.8 Å². The van der Waals surface area contributed by atoms with Crippen molar-refractivity contribution in [3.8, 4) is 0 Å². The van der Waals surface area contributed by atoms with Gasteiger partial charge in [0.05, 0.1) is 12.5 Å². The van der Waals surface area contributed by atoms with Crippen molar-refractivity contribution < 1.29 is 19.1 Å². The number of aliphatic carboxylic acids is 1. The Labute approximate surface area is 221 Å². The topological polar surface area (TPSA) is 88.4 Å². The Kier molecular flexibility index (Phi) is 9.64. The molecule has 0 bridgehead atoms. The van der Waals surface area contributed by atoms with E-state index in [1.54, 1.807) is 37.4 Å². The number of carbonyl (C=O) groups is 2. The van der Waals surface area contributed by atoms with Gasteiger partial charge in [-0.1, -0.05) is 67.3 Å². The van der Waals surface area contributed by atoms with Crippen LogP contribution in [0.4, 0.5) is 4.39 Å². The predicted octanol–water partition coefficient (Wildman–Crippen LogP) is 5.91. The van der Waals surface area contributed by atoms with E-state index < -0.39 is 35.3 Å². The molecule has 3 aromatic rings. The molecular weight excluding hydrogens is 495 g/mol. The minimum Gasteiger partial charge on any atom is -0.481 e. The van der Waals surface area contributed by atoms with Crippen molar-refractivity contribution in [1.82, 2.24) is 9.88 Å². The molecule has 0 radical (unpaired) electrons. The van der Waals surface area contributed by atoms with Crippen molar-refractivity contribution in [2.24, 2.45) is 0 Å². The van der Waals surface area contributed by atoms with E-state index in [0.717, 1.165) is 17.5 Å². The fourth-order valence-corrected chi connectivity index (χ4v) is 4.58. The van der Waals surface area contributed by atoms with Crippen molar-refractivity contribution in [3.05, 3.63) is 104 Å². The summed E-state index contributed by atoms with van der Waals surface area (Å²) in [5, 5.41) is 12.6. The van der Waals surface area contributed by atoms with E-state index in [-0.39, 0.29) is 23.4 Å². The van der Waals surface area contributed by atoms with Crippen molar-refractivity contribution in [1.29, 1.82) is 0 Å². The third-order valence-corrected chi connectivity index (χ3v) is 6.68. The first kappa shape index (κ1) is 28.1. The van der Waals surface area contributed by atoms with Crippen LogP contribution in [0.5, 0.6) is 0 Å². The largest absolute Gasteiger partial charge is 0.481 e. The lowest BCUT2D eigenvalue weighted by molar-refractivity contribution is -0.137. The SMILES string of the molecule is CCCC[C@H](C(=O)N[C@@H](CC(=O)O)c1ccc(C)cc1)n1cc(C)cc(Cc2c(F)cccc2Cl)c1=O. The molecule has 0 fully saturated rings. The fraction of sp³-hybridized carbons (Fsp3) is 0.345. The zero-order chi connectivity index (χ0) is 27.1. The summed E-state index contributed by atoms with van der Waals surface area (Å²) in [6.45, 7) is 5.71. The highest BCUT2D eigenvalue weighted by Gasteiger charge is 2.27. The number of pyridine rings is 1. The number of halogens is 2. The smallest absolute Gasteiger partial charge is 0.305 e. The molecule has 37 heavy (non-hydrogen) atoms. The van der Waals surface area contributed by atoms with E-state index >= 15 is 0 Å². The summed E-state index contributed by atoms with van der Waals surface area (Å²) in [7, 11) is 0. The van der Waals surface area contributed by atoms with Crippen LogP contribution in [-0.2, 0) is 16.0 Å². The number of rotatable bonds is 11. The van der Waals surface area contributed by atoms with Gasteiger partial charge in [-0.3, -0.25) is 14.4 Å². The lowest BCUT2D eigenvalue weighted by Crippen LogP contribution is -2.40. The zero-order valence-corrected chi connectivity index (χ0v) is 22.0. The van der Waals surface area contributed by atoms with Gasteiger partial charge in [-0.15, -0.1) is 0 Å². The number of aromatic nitrogens is 1. The number of carboxylic acids is 1. The number of nitrogens with zero attached hydrogens (tertiary/aromatic N) is 1. The molecule has 0 aliphatic heterocycles. The lowest BCUT2D eigenvalue weighted by Gasteiger charge is -2.25. The van der Waals surface area contributed by atoms with Crippen molar-refractivity contribution in [2.45, 2.75) is 65.0 Å². The highest BCUT2D eigenvalue weighted by molar-refractivity contribution is 6.31. The van der Waals surface area contributed by atoms with Crippen LogP contribution in [0.3, 0.4) is 0 Å². The number of nitrogens with one attached hydrogen (secondary N) is 1. The summed E-state index contributed by atoms with van der Waals surface area (Å²) in [5.41, 5.74) is 2.54. The summed E-state index contributed by atoms with van der Waals surface area (Å²) < 4.78 is 15.8. The van der Waals surface area contributed by atoms with Crippen LogP contribution in [0, 0.1) is 19.7 Å². The first-order chi connectivity index (χ1) is 17.6. The number of hydrogen-bond donors (Lipinski definition) is 2. The molecule has 2 N–H and O–H groups in total. The van der Waals surface area contributed by atoms with Crippen LogP contribution in [0.25, 0.3) is 0 Å². The van der Waals surface area contributed by atoms with Crippen LogP contribution in [0.15, 0.2) is 59.5 Å². The van der Waals surface area contributed by atoms with Crippen LogP contribution in [0.2, 0.25) is 5.02 Å². The lowest BCUT2D eigenvalue weighted by atomic mass is 10.0. The second kappa shape index (κ2) is 12.7. The summed E-state index contributed by atoms with van der Waals surface area (Å²) in [6.07, 6.45) is 3.18. The second-order valence-corrected chi connectivity index (χ2v) is 9.77. The Bertz CT molecular complexity index is 1300. The summed E-state index contributed by atoms with van der Waals surface area (Å²) in [4.78, 5) is 38.7. The van der Waals surface area contributed by atoms with E-state index in [9.17, 15) is 23.9 Å². The van der Waals surface area contributed by atoms with Gasteiger partial charge >= 0.3 is 5.97 Å². The first-order valence-corrected chi connectivity index (χ1v) is 12.7. The summed E-state index contributed by atoms with van der Waals surface area (Å²) in [6, 6.07) is 11.7. The van der Waals surface area contributed by atoms with E-state index in [0.29, 0.717) is 24.0 Å². The summed E-state index contributed by atoms with van der Waals surface area (Å²) in [5.74, 6) is -1.99. The molecule has 0 saturated carbocycles. The first-order valence-electron chi connectivity index (χ1n) is 12.3. The van der Waals surface area contributed by atoms with E-state index in [2.05, 4.69) is 5.32 Å². The molecule has 3 rings (SSSR count). The number of carboxylic acid groups (broad SMARTS) is 1. The van der Waals surface area contributed by atoms with Crippen molar-refractivity contribution >= 4 is 23.5 Å². The molecule has 0 spiro atoms. The Hall–Kier alpha value is -3.45. The number of unbranched alkanes of at least 4 members (excludes halogenated alkanes) is 1. The normalized spacial score (nSPS) is 12.7. The average molecular weight is 527 g/mol. The van der Waals surface area contributed by atoms with Gasteiger partial charge in [0.2, 0.25) is 5.91 Å². The van der Waals surface area contributed by atoms with Gasteiger partial charge in [0.1, 0.15) is 11.9 Å². The van der Waals surface area contributed by atoms with Crippen molar-refractivity contribution in [2.75, 3.05) is 0 Å². The molecule has 1 heterocycles. The Balaban J connectivity index is 1.99.